The summed E-state index contributed by atoms with van der Waals surface area (Å²) < 4.78 is 5.47. The lowest BCUT2D eigenvalue weighted by atomic mass is 10.1. The molecular weight excluding hydrogens is 324 g/mol. The first-order chi connectivity index (χ1) is 10.2. The van der Waals surface area contributed by atoms with Crippen molar-refractivity contribution in [1.29, 1.82) is 0 Å². The lowest BCUT2D eigenvalue weighted by molar-refractivity contribution is 0.340. The van der Waals surface area contributed by atoms with Crippen LogP contribution in [0.4, 0.5) is 0 Å². The van der Waals surface area contributed by atoms with Gasteiger partial charge in [0, 0.05) is 10.9 Å². The Kier molecular flexibility index (Phi) is 4.33. The van der Waals surface area contributed by atoms with Crippen molar-refractivity contribution in [2.75, 3.05) is 12.9 Å². The van der Waals surface area contributed by atoms with Crippen LogP contribution in [0.2, 0.25) is 5.15 Å². The van der Waals surface area contributed by atoms with Crippen molar-refractivity contribution in [3.63, 3.8) is 0 Å². The van der Waals surface area contributed by atoms with Gasteiger partial charge in [-0.1, -0.05) is 35.5 Å². The van der Waals surface area contributed by atoms with Gasteiger partial charge in [-0.05, 0) is 30.9 Å². The van der Waals surface area contributed by atoms with Crippen LogP contribution in [-0.4, -0.2) is 22.8 Å². The predicted molar refractivity (Wildman–Crippen MR) is 90.8 cm³/mol. The molecule has 3 rings (SSSR count). The van der Waals surface area contributed by atoms with E-state index in [0.717, 1.165) is 27.1 Å². The van der Waals surface area contributed by atoms with Gasteiger partial charge in [-0.3, -0.25) is 0 Å². The number of benzene rings is 1. The first-order valence-electron chi connectivity index (χ1n) is 6.45. The Morgan fingerprint density at radius 3 is 2.67 bits per heavy atom. The van der Waals surface area contributed by atoms with Gasteiger partial charge in [0.1, 0.15) is 15.7 Å². The second kappa shape index (κ2) is 6.22. The zero-order valence-electron chi connectivity index (χ0n) is 11.6. The van der Waals surface area contributed by atoms with Crippen molar-refractivity contribution in [2.45, 2.75) is 12.1 Å². The highest BCUT2D eigenvalue weighted by molar-refractivity contribution is 7.98. The van der Waals surface area contributed by atoms with E-state index in [4.69, 9.17) is 16.3 Å². The van der Waals surface area contributed by atoms with Gasteiger partial charge in [-0.25, -0.2) is 9.97 Å². The maximum absolute atomic E-state index is 6.34. The largest absolute Gasteiger partial charge is 0.494 e. The van der Waals surface area contributed by atoms with Gasteiger partial charge in [0.15, 0.2) is 5.16 Å². The summed E-state index contributed by atoms with van der Waals surface area (Å²) in [4.78, 5) is 9.75. The van der Waals surface area contributed by atoms with Gasteiger partial charge < -0.3 is 4.74 Å². The Morgan fingerprint density at radius 1 is 1.24 bits per heavy atom. The Labute approximate surface area is 136 Å². The Hall–Kier alpha value is -1.30. The van der Waals surface area contributed by atoms with Crippen molar-refractivity contribution in [2.24, 2.45) is 0 Å². The molecule has 3 aromatic rings. The number of hydrogen-bond donors (Lipinski definition) is 0. The lowest BCUT2D eigenvalue weighted by Gasteiger charge is -2.05. The van der Waals surface area contributed by atoms with Crippen LogP contribution in [0.3, 0.4) is 0 Å². The van der Waals surface area contributed by atoms with Gasteiger partial charge >= 0.3 is 0 Å². The summed E-state index contributed by atoms with van der Waals surface area (Å²) in [7, 11) is 0. The van der Waals surface area contributed by atoms with Crippen LogP contribution in [0, 0.1) is 0 Å². The molecule has 0 aliphatic heterocycles. The standard InChI is InChI=1S/C15H13ClN2OS2/c1-3-19-10-6-4-9(5-7-10)11-8-21-14-12(11)13(16)17-15(18-14)20-2/h4-8H,3H2,1-2H3. The highest BCUT2D eigenvalue weighted by atomic mass is 35.5. The second-order valence-corrected chi connectivity index (χ2v) is 6.28. The van der Waals surface area contributed by atoms with E-state index in [1.807, 2.05) is 37.4 Å². The molecule has 2 aromatic heterocycles. The van der Waals surface area contributed by atoms with Crippen LogP contribution in [0.1, 0.15) is 6.92 Å². The molecule has 0 aliphatic carbocycles. The van der Waals surface area contributed by atoms with Gasteiger partial charge in [0.25, 0.3) is 0 Å². The highest BCUT2D eigenvalue weighted by Crippen LogP contribution is 2.37. The number of rotatable bonds is 4. The van der Waals surface area contributed by atoms with E-state index in [-0.39, 0.29) is 0 Å². The maximum atomic E-state index is 6.34. The predicted octanol–water partition coefficient (Wildman–Crippen LogP) is 5.13. The molecule has 0 bridgehead atoms. The van der Waals surface area contributed by atoms with E-state index in [2.05, 4.69) is 15.3 Å². The lowest BCUT2D eigenvalue weighted by Crippen LogP contribution is -1.90. The summed E-state index contributed by atoms with van der Waals surface area (Å²) in [5, 5.41) is 4.20. The Morgan fingerprint density at radius 2 is 2.00 bits per heavy atom. The van der Waals surface area contributed by atoms with Crippen molar-refractivity contribution in [3.05, 3.63) is 34.8 Å². The average Bonchev–Trinajstić information content (AvgIpc) is 2.93. The first kappa shape index (κ1) is 14.6. The summed E-state index contributed by atoms with van der Waals surface area (Å²) in [5.74, 6) is 0.868. The SMILES string of the molecule is CCOc1ccc(-c2csc3nc(SC)nc(Cl)c23)cc1. The first-order valence-corrected chi connectivity index (χ1v) is 8.93. The maximum Gasteiger partial charge on any atom is 0.190 e. The minimum atomic E-state index is 0.509. The molecule has 0 amide bonds. The summed E-state index contributed by atoms with van der Waals surface area (Å²) in [5.41, 5.74) is 2.16. The fraction of sp³-hybridized carbons (Fsp3) is 0.200. The van der Waals surface area contributed by atoms with Crippen LogP contribution in [-0.2, 0) is 0 Å². The minimum Gasteiger partial charge on any atom is -0.494 e. The number of hydrogen-bond acceptors (Lipinski definition) is 5. The summed E-state index contributed by atoms with van der Waals surface area (Å²) in [6.45, 7) is 2.64. The minimum absolute atomic E-state index is 0.509. The molecule has 0 spiro atoms. The summed E-state index contributed by atoms with van der Waals surface area (Å²) in [6.07, 6.45) is 1.94. The van der Waals surface area contributed by atoms with Crippen molar-refractivity contribution >= 4 is 44.9 Å². The molecule has 0 radical (unpaired) electrons. The molecular formula is C15H13ClN2OS2. The van der Waals surface area contributed by atoms with Crippen LogP contribution >= 0.6 is 34.7 Å². The number of aromatic nitrogens is 2. The number of fused-ring (bicyclic) bond motifs is 1. The summed E-state index contributed by atoms with van der Waals surface area (Å²) in [6, 6.07) is 8.00. The number of thiophene rings is 1. The molecule has 6 heteroatoms. The van der Waals surface area contributed by atoms with E-state index in [0.29, 0.717) is 16.9 Å². The van der Waals surface area contributed by atoms with E-state index < -0.39 is 0 Å². The van der Waals surface area contributed by atoms with Crippen LogP contribution < -0.4 is 4.74 Å². The van der Waals surface area contributed by atoms with Crippen molar-refractivity contribution in [1.82, 2.24) is 9.97 Å². The summed E-state index contributed by atoms with van der Waals surface area (Å²) >= 11 is 9.42. The third kappa shape index (κ3) is 2.86. The van der Waals surface area contributed by atoms with Crippen LogP contribution in [0.15, 0.2) is 34.8 Å². The second-order valence-electron chi connectivity index (χ2n) is 4.29. The molecule has 0 atom stereocenters. The zero-order chi connectivity index (χ0) is 14.8. The molecule has 0 saturated carbocycles. The number of ether oxygens (including phenoxy) is 1. The van der Waals surface area contributed by atoms with E-state index in [1.54, 1.807) is 11.3 Å². The molecule has 0 aliphatic rings. The molecule has 0 saturated heterocycles. The Balaban J connectivity index is 2.08. The molecule has 108 valence electrons. The fourth-order valence-electron chi connectivity index (χ4n) is 2.08. The van der Waals surface area contributed by atoms with Gasteiger partial charge in [-0.2, -0.15) is 0 Å². The normalized spacial score (nSPS) is 11.0. The van der Waals surface area contributed by atoms with Crippen LogP contribution in [0.25, 0.3) is 21.3 Å². The van der Waals surface area contributed by atoms with Gasteiger partial charge in [0.05, 0.1) is 12.0 Å². The molecule has 2 heterocycles. The van der Waals surface area contributed by atoms with Crippen molar-refractivity contribution in [3.8, 4) is 16.9 Å². The number of nitrogens with zero attached hydrogens (tertiary/aromatic N) is 2. The van der Waals surface area contributed by atoms with E-state index in [9.17, 15) is 0 Å². The quantitative estimate of drug-likeness (QED) is 0.376. The smallest absolute Gasteiger partial charge is 0.190 e. The van der Waals surface area contributed by atoms with E-state index in [1.165, 1.54) is 11.8 Å². The zero-order valence-corrected chi connectivity index (χ0v) is 14.0. The highest BCUT2D eigenvalue weighted by Gasteiger charge is 2.13. The van der Waals surface area contributed by atoms with Gasteiger partial charge in [0.2, 0.25) is 0 Å². The van der Waals surface area contributed by atoms with Crippen molar-refractivity contribution < 1.29 is 4.74 Å². The van der Waals surface area contributed by atoms with Crippen LogP contribution in [0.5, 0.6) is 5.75 Å². The topological polar surface area (TPSA) is 35.0 Å². The monoisotopic (exact) mass is 336 g/mol. The molecule has 3 nitrogen and oxygen atoms in total. The molecule has 0 fully saturated rings. The average molecular weight is 337 g/mol. The Bertz CT molecular complexity index is 771. The van der Waals surface area contributed by atoms with Gasteiger partial charge in [-0.15, -0.1) is 11.3 Å². The third-order valence-corrected chi connectivity index (χ3v) is 4.72. The molecule has 0 N–H and O–H groups in total. The molecule has 21 heavy (non-hydrogen) atoms. The molecule has 1 aromatic carbocycles. The molecule has 0 unspecified atom stereocenters. The number of thioether (sulfide) groups is 1. The number of halogens is 1. The fourth-order valence-corrected chi connectivity index (χ4v) is 3.83. The van der Waals surface area contributed by atoms with E-state index >= 15 is 0 Å². The third-order valence-electron chi connectivity index (χ3n) is 3.03.